The largest absolute Gasteiger partial charge is 0.380 e. The fourth-order valence-electron chi connectivity index (χ4n) is 3.61. The van der Waals surface area contributed by atoms with Crippen molar-refractivity contribution < 1.29 is 13.9 Å². The highest BCUT2D eigenvalue weighted by Crippen LogP contribution is 2.33. The van der Waals surface area contributed by atoms with Crippen LogP contribution in [0.1, 0.15) is 39.5 Å². The molecular formula is C20H31FN6O2. The molecule has 1 aliphatic carbocycles. The molecule has 0 spiro atoms. The number of alkyl halides is 1. The molecule has 3 rings (SSSR count). The van der Waals surface area contributed by atoms with Crippen LogP contribution in [0.25, 0.3) is 0 Å². The lowest BCUT2D eigenvalue weighted by Crippen LogP contribution is -2.50. The van der Waals surface area contributed by atoms with E-state index >= 15 is 4.39 Å². The summed E-state index contributed by atoms with van der Waals surface area (Å²) in [4.78, 5) is 17.1. The second kappa shape index (κ2) is 8.62. The van der Waals surface area contributed by atoms with Crippen LogP contribution in [0.15, 0.2) is 33.1 Å². The molecule has 160 valence electrons. The van der Waals surface area contributed by atoms with Gasteiger partial charge in [-0.15, -0.1) is 0 Å². The molecule has 3 aliphatic rings. The molecule has 3 atom stereocenters. The standard InChI is InChI=1S/C20H31FN6O2/c1-12(10-27(24-4)13-5-6-13)17-14(18(28)23-3)9-20(2,21)19(26-17)25-16-7-8-29-11-15(16)22/h10,13,15-16H,4-9,11,22H2,1-3H3,(H,23,28)(H,25,26)/b12-10+/t15?,16-,20?/m1/s1. The molecule has 0 radical (unpaired) electrons. The number of hydrogen-bond acceptors (Lipinski definition) is 6. The first-order valence-corrected chi connectivity index (χ1v) is 10.0. The highest BCUT2D eigenvalue weighted by atomic mass is 19.1. The average Bonchev–Trinajstić information content (AvgIpc) is 3.53. The molecule has 0 bridgehead atoms. The number of amides is 1. The highest BCUT2D eigenvalue weighted by molar-refractivity contribution is 6.02. The van der Waals surface area contributed by atoms with Crippen molar-refractivity contribution in [1.29, 1.82) is 0 Å². The number of nitrogens with one attached hydrogen (secondary N) is 2. The maximum atomic E-state index is 15.5. The number of hydrogen-bond donors (Lipinski definition) is 3. The van der Waals surface area contributed by atoms with Gasteiger partial charge in [0.2, 0.25) is 5.91 Å². The lowest BCUT2D eigenvalue weighted by molar-refractivity contribution is -0.117. The van der Waals surface area contributed by atoms with E-state index in [1.807, 2.05) is 13.1 Å². The lowest BCUT2D eigenvalue weighted by Gasteiger charge is -2.35. The molecule has 1 amide bonds. The second-order valence-electron chi connectivity index (χ2n) is 8.07. The van der Waals surface area contributed by atoms with Gasteiger partial charge in [-0.3, -0.25) is 14.8 Å². The Bertz CT molecular complexity index is 756. The Morgan fingerprint density at radius 3 is 2.79 bits per heavy atom. The summed E-state index contributed by atoms with van der Waals surface area (Å²) in [5.41, 5.74) is 5.96. The Labute approximate surface area is 171 Å². The minimum absolute atomic E-state index is 0.0809. The van der Waals surface area contributed by atoms with Crippen molar-refractivity contribution in [3.8, 4) is 0 Å². The van der Waals surface area contributed by atoms with Crippen LogP contribution < -0.4 is 16.4 Å². The Morgan fingerprint density at radius 1 is 1.48 bits per heavy atom. The molecule has 0 aromatic rings. The molecule has 2 heterocycles. The van der Waals surface area contributed by atoms with Gasteiger partial charge in [-0.25, -0.2) is 4.39 Å². The summed E-state index contributed by atoms with van der Waals surface area (Å²) in [5.74, 6) is -0.129. The van der Waals surface area contributed by atoms with Gasteiger partial charge in [0.15, 0.2) is 5.67 Å². The zero-order chi connectivity index (χ0) is 21.2. The molecule has 1 saturated carbocycles. The van der Waals surface area contributed by atoms with Crippen molar-refractivity contribution in [1.82, 2.24) is 15.6 Å². The molecule has 4 N–H and O–H groups in total. The summed E-state index contributed by atoms with van der Waals surface area (Å²) in [6, 6.07) is -0.185. The Hall–Kier alpha value is -2.26. The van der Waals surface area contributed by atoms with Crippen LogP contribution in [-0.2, 0) is 9.53 Å². The Kier molecular flexibility index (Phi) is 6.38. The van der Waals surface area contributed by atoms with Gasteiger partial charge < -0.3 is 21.1 Å². The lowest BCUT2D eigenvalue weighted by atomic mass is 9.88. The molecule has 2 aliphatic heterocycles. The summed E-state index contributed by atoms with van der Waals surface area (Å²) >= 11 is 0. The highest BCUT2D eigenvalue weighted by Gasteiger charge is 2.41. The van der Waals surface area contributed by atoms with E-state index in [4.69, 9.17) is 10.5 Å². The van der Waals surface area contributed by atoms with Gasteiger partial charge in [0.05, 0.1) is 30.4 Å². The number of carbonyl (C=O) groups excluding carboxylic acids is 1. The molecule has 9 heteroatoms. The maximum absolute atomic E-state index is 15.5. The molecule has 29 heavy (non-hydrogen) atoms. The molecule has 1 saturated heterocycles. The van der Waals surface area contributed by atoms with Crippen LogP contribution in [0.5, 0.6) is 0 Å². The third kappa shape index (κ3) is 4.84. The zero-order valence-corrected chi connectivity index (χ0v) is 17.4. The topological polar surface area (TPSA) is 104 Å². The fraction of sp³-hybridized carbons (Fsp3) is 0.650. The minimum atomic E-state index is -1.81. The number of aliphatic imine (C=N–C) groups is 1. The Balaban J connectivity index is 1.97. The number of allylic oxidation sites excluding steroid dienone is 1. The summed E-state index contributed by atoms with van der Waals surface area (Å²) < 4.78 is 20.9. The van der Waals surface area contributed by atoms with Crippen LogP contribution >= 0.6 is 0 Å². The number of nitrogens with zero attached hydrogens (tertiary/aromatic N) is 3. The van der Waals surface area contributed by atoms with Gasteiger partial charge in [0, 0.05) is 38.6 Å². The van der Waals surface area contributed by atoms with Gasteiger partial charge in [0.1, 0.15) is 5.84 Å². The monoisotopic (exact) mass is 406 g/mol. The van der Waals surface area contributed by atoms with Crippen molar-refractivity contribution in [3.05, 3.63) is 23.0 Å². The van der Waals surface area contributed by atoms with Crippen LogP contribution in [0.2, 0.25) is 0 Å². The summed E-state index contributed by atoms with van der Waals surface area (Å²) in [6.07, 6.45) is 4.49. The van der Waals surface area contributed by atoms with E-state index in [-0.39, 0.29) is 30.2 Å². The SMILES string of the molecule is C=NN(/C=C(\C)C1=C(C(=O)NC)CC(C)(F)C(=N[C@@H]2CCOCC2N)N1)C1CC1. The molecule has 0 aromatic carbocycles. The van der Waals surface area contributed by atoms with E-state index < -0.39 is 5.67 Å². The van der Waals surface area contributed by atoms with Gasteiger partial charge in [0.25, 0.3) is 0 Å². The number of likely N-dealkylation sites (N-methyl/N-ethyl adjacent to an activating group) is 1. The third-order valence-electron chi connectivity index (χ3n) is 5.51. The number of amidine groups is 1. The van der Waals surface area contributed by atoms with E-state index in [0.717, 1.165) is 18.4 Å². The van der Waals surface area contributed by atoms with Crippen molar-refractivity contribution in [2.75, 3.05) is 20.3 Å². The second-order valence-corrected chi connectivity index (χ2v) is 8.07. The van der Waals surface area contributed by atoms with Crippen molar-refractivity contribution >= 4 is 18.5 Å². The van der Waals surface area contributed by atoms with Crippen LogP contribution in [0.3, 0.4) is 0 Å². The van der Waals surface area contributed by atoms with E-state index in [0.29, 0.717) is 36.9 Å². The summed E-state index contributed by atoms with van der Waals surface area (Å²) in [6.45, 7) is 7.87. The summed E-state index contributed by atoms with van der Waals surface area (Å²) in [5, 5.41) is 11.6. The molecule has 2 fully saturated rings. The van der Waals surface area contributed by atoms with Crippen LogP contribution in [0.4, 0.5) is 4.39 Å². The first-order chi connectivity index (χ1) is 13.8. The molecule has 0 aromatic heterocycles. The average molecular weight is 407 g/mol. The van der Waals surface area contributed by atoms with E-state index in [1.165, 1.54) is 14.0 Å². The fourth-order valence-corrected chi connectivity index (χ4v) is 3.61. The van der Waals surface area contributed by atoms with E-state index in [2.05, 4.69) is 27.4 Å². The smallest absolute Gasteiger partial charge is 0.249 e. The predicted octanol–water partition coefficient (Wildman–Crippen LogP) is 1.21. The number of nitrogens with two attached hydrogens (primary N) is 1. The van der Waals surface area contributed by atoms with Crippen molar-refractivity contribution in [2.24, 2.45) is 15.8 Å². The first-order valence-electron chi connectivity index (χ1n) is 10.0. The third-order valence-corrected chi connectivity index (χ3v) is 5.51. The normalized spacial score (nSPS) is 32.0. The zero-order valence-electron chi connectivity index (χ0n) is 17.4. The number of halogens is 1. The van der Waals surface area contributed by atoms with Gasteiger partial charge in [-0.2, -0.15) is 5.10 Å². The summed E-state index contributed by atoms with van der Waals surface area (Å²) in [7, 11) is 1.54. The van der Waals surface area contributed by atoms with Crippen LogP contribution in [-0.4, -0.2) is 67.5 Å². The van der Waals surface area contributed by atoms with Crippen molar-refractivity contribution in [2.45, 2.75) is 63.3 Å². The minimum Gasteiger partial charge on any atom is -0.380 e. The Morgan fingerprint density at radius 2 is 2.21 bits per heavy atom. The first kappa shape index (κ1) is 21.4. The predicted molar refractivity (Wildman–Crippen MR) is 111 cm³/mol. The molecule has 2 unspecified atom stereocenters. The maximum Gasteiger partial charge on any atom is 0.249 e. The number of carbonyl (C=O) groups is 1. The van der Waals surface area contributed by atoms with E-state index in [9.17, 15) is 4.79 Å². The number of rotatable bonds is 6. The van der Waals surface area contributed by atoms with Gasteiger partial charge >= 0.3 is 0 Å². The quantitative estimate of drug-likeness (QED) is 0.454. The number of ether oxygens (including phenoxy) is 1. The van der Waals surface area contributed by atoms with Gasteiger partial charge in [-0.05, 0) is 38.7 Å². The number of hydrazone groups is 1. The van der Waals surface area contributed by atoms with Crippen LogP contribution in [0, 0.1) is 0 Å². The molecule has 8 nitrogen and oxygen atoms in total. The molecular weight excluding hydrogens is 375 g/mol. The van der Waals surface area contributed by atoms with E-state index in [1.54, 1.807) is 5.01 Å². The van der Waals surface area contributed by atoms with Gasteiger partial charge in [-0.1, -0.05) is 0 Å². The van der Waals surface area contributed by atoms with Crippen molar-refractivity contribution in [3.63, 3.8) is 0 Å².